The van der Waals surface area contributed by atoms with Gasteiger partial charge < -0.3 is 28.5 Å². The van der Waals surface area contributed by atoms with Crippen LogP contribution in [0.4, 0.5) is 0 Å². The molecule has 0 aliphatic carbocycles. The lowest BCUT2D eigenvalue weighted by Crippen LogP contribution is -2.52. The minimum atomic E-state index is -2.12. The fourth-order valence-corrected chi connectivity index (χ4v) is 4.44. The fraction of sp³-hybridized carbons (Fsp3) is 0.682. The van der Waals surface area contributed by atoms with Gasteiger partial charge in [0.1, 0.15) is 17.5 Å². The molecule has 0 unspecified atom stereocenters. The van der Waals surface area contributed by atoms with Crippen molar-refractivity contribution in [2.75, 3.05) is 27.4 Å². The zero-order chi connectivity index (χ0) is 22.6. The van der Waals surface area contributed by atoms with Crippen LogP contribution >= 0.6 is 0 Å². The molecule has 1 aromatic rings. The molecule has 1 aliphatic heterocycles. The molecule has 1 aliphatic rings. The van der Waals surface area contributed by atoms with Crippen molar-refractivity contribution < 1.29 is 33.3 Å². The number of methoxy groups -OCH3 is 2. The van der Waals surface area contributed by atoms with Crippen LogP contribution in [-0.4, -0.2) is 64.6 Å². The summed E-state index contributed by atoms with van der Waals surface area (Å²) in [5.74, 6) is 0.302. The number of aliphatic hydroxyl groups excluding tert-OH is 1. The van der Waals surface area contributed by atoms with E-state index >= 15 is 0 Å². The van der Waals surface area contributed by atoms with Gasteiger partial charge in [-0.3, -0.25) is 4.79 Å². The first-order valence-electron chi connectivity index (χ1n) is 10.2. The van der Waals surface area contributed by atoms with Gasteiger partial charge in [0.15, 0.2) is 8.32 Å². The second kappa shape index (κ2) is 9.78. The van der Waals surface area contributed by atoms with E-state index < -0.39 is 32.1 Å². The molecule has 170 valence electrons. The van der Waals surface area contributed by atoms with Gasteiger partial charge in [-0.1, -0.05) is 32.9 Å². The van der Waals surface area contributed by atoms with Gasteiger partial charge in [-0.15, -0.1) is 0 Å². The standard InChI is InChI=1S/C22H36O7Si/c1-21(2,3)30(6,7)29-18-14-28-22(20(18)24,12-19(23)26-5)15-27-13-16-8-10-17(25-4)11-9-16/h8-11,18,20,24H,12-15H2,1-7H3/t18-,20-,22-/m1/s1. The average molecular weight is 441 g/mol. The highest BCUT2D eigenvalue weighted by atomic mass is 28.4. The fourth-order valence-electron chi connectivity index (χ4n) is 3.13. The number of hydrogen-bond acceptors (Lipinski definition) is 7. The van der Waals surface area contributed by atoms with Crippen molar-refractivity contribution in [2.24, 2.45) is 0 Å². The maximum Gasteiger partial charge on any atom is 0.308 e. The van der Waals surface area contributed by atoms with E-state index in [1.807, 2.05) is 24.3 Å². The number of carbonyl (C=O) groups excluding carboxylic acids is 1. The lowest BCUT2D eigenvalue weighted by atomic mass is 9.92. The topological polar surface area (TPSA) is 83.5 Å². The van der Waals surface area contributed by atoms with E-state index in [0.29, 0.717) is 6.61 Å². The Labute approximate surface area is 180 Å². The Morgan fingerprint density at radius 1 is 1.23 bits per heavy atom. The predicted molar refractivity (Wildman–Crippen MR) is 116 cm³/mol. The van der Waals surface area contributed by atoms with Crippen LogP contribution in [0.3, 0.4) is 0 Å². The van der Waals surface area contributed by atoms with Crippen LogP contribution in [0.1, 0.15) is 32.8 Å². The first-order valence-corrected chi connectivity index (χ1v) is 13.1. The summed E-state index contributed by atoms with van der Waals surface area (Å²) >= 11 is 0. The van der Waals surface area contributed by atoms with Gasteiger partial charge in [-0.2, -0.15) is 0 Å². The lowest BCUT2D eigenvalue weighted by Gasteiger charge is -2.39. The van der Waals surface area contributed by atoms with E-state index in [1.54, 1.807) is 7.11 Å². The van der Waals surface area contributed by atoms with Gasteiger partial charge in [0.2, 0.25) is 0 Å². The second-order valence-corrected chi connectivity index (χ2v) is 14.1. The number of hydrogen-bond donors (Lipinski definition) is 1. The summed E-state index contributed by atoms with van der Waals surface area (Å²) in [5, 5.41) is 11.1. The van der Waals surface area contributed by atoms with E-state index in [9.17, 15) is 9.90 Å². The number of esters is 1. The molecule has 0 radical (unpaired) electrons. The van der Waals surface area contributed by atoms with Crippen LogP contribution in [0.25, 0.3) is 0 Å². The van der Waals surface area contributed by atoms with E-state index in [4.69, 9.17) is 23.4 Å². The summed E-state index contributed by atoms with van der Waals surface area (Å²) in [5.41, 5.74) is -0.252. The average Bonchev–Trinajstić information content (AvgIpc) is 2.97. The minimum Gasteiger partial charge on any atom is -0.497 e. The van der Waals surface area contributed by atoms with Crippen LogP contribution in [-0.2, 0) is 30.0 Å². The van der Waals surface area contributed by atoms with Crippen molar-refractivity contribution in [2.45, 2.75) is 69.7 Å². The quantitative estimate of drug-likeness (QED) is 0.466. The first-order chi connectivity index (χ1) is 13.9. The molecule has 0 spiro atoms. The molecule has 3 atom stereocenters. The Balaban J connectivity index is 2.09. The molecule has 0 amide bonds. The molecule has 0 bridgehead atoms. The zero-order valence-electron chi connectivity index (χ0n) is 19.2. The van der Waals surface area contributed by atoms with Crippen molar-refractivity contribution in [3.63, 3.8) is 0 Å². The predicted octanol–water partition coefficient (Wildman–Crippen LogP) is 3.30. The Morgan fingerprint density at radius 2 is 1.87 bits per heavy atom. The number of ether oxygens (including phenoxy) is 4. The Hall–Kier alpha value is -1.45. The normalized spacial score (nSPS) is 24.7. The molecule has 1 N–H and O–H groups in total. The van der Waals surface area contributed by atoms with Gasteiger partial charge in [-0.25, -0.2) is 0 Å². The summed E-state index contributed by atoms with van der Waals surface area (Å²) in [6, 6.07) is 7.52. The van der Waals surface area contributed by atoms with Gasteiger partial charge >= 0.3 is 5.97 Å². The summed E-state index contributed by atoms with van der Waals surface area (Å²) in [4.78, 5) is 12.1. The molecule has 1 heterocycles. The number of aliphatic hydroxyl groups is 1. The van der Waals surface area contributed by atoms with E-state index in [2.05, 4.69) is 33.9 Å². The third-order valence-electron chi connectivity index (χ3n) is 6.12. The molecule has 30 heavy (non-hydrogen) atoms. The van der Waals surface area contributed by atoms with Crippen LogP contribution in [0.5, 0.6) is 5.75 Å². The molecule has 0 aromatic heterocycles. The molecule has 7 nitrogen and oxygen atoms in total. The maximum atomic E-state index is 12.1. The molecule has 8 heteroatoms. The molecule has 2 rings (SSSR count). The van der Waals surface area contributed by atoms with Gasteiger partial charge in [-0.05, 0) is 35.8 Å². The monoisotopic (exact) mass is 440 g/mol. The summed E-state index contributed by atoms with van der Waals surface area (Å²) in [6.45, 7) is 11.2. The minimum absolute atomic E-state index is 0.00874. The highest BCUT2D eigenvalue weighted by Gasteiger charge is 2.54. The molecular weight excluding hydrogens is 404 g/mol. The van der Waals surface area contributed by atoms with Gasteiger partial charge in [0, 0.05) is 0 Å². The Kier molecular flexibility index (Phi) is 8.09. The Bertz CT molecular complexity index is 698. The molecule has 1 saturated heterocycles. The second-order valence-electron chi connectivity index (χ2n) is 9.33. The SMILES string of the molecule is COC(=O)C[C@]1(COCc2ccc(OC)cc2)OC[C@@H](O[Si](C)(C)C(C)(C)C)[C@H]1O. The van der Waals surface area contributed by atoms with Crippen molar-refractivity contribution in [3.05, 3.63) is 29.8 Å². The van der Waals surface area contributed by atoms with E-state index in [-0.39, 0.29) is 24.7 Å². The van der Waals surface area contributed by atoms with Crippen molar-refractivity contribution in [1.29, 1.82) is 0 Å². The first kappa shape index (κ1) is 24.8. The van der Waals surface area contributed by atoms with Gasteiger partial charge in [0.25, 0.3) is 0 Å². The van der Waals surface area contributed by atoms with Crippen LogP contribution < -0.4 is 4.74 Å². The highest BCUT2D eigenvalue weighted by molar-refractivity contribution is 6.74. The van der Waals surface area contributed by atoms with Crippen LogP contribution in [0, 0.1) is 0 Å². The van der Waals surface area contributed by atoms with Crippen LogP contribution in [0.15, 0.2) is 24.3 Å². The largest absolute Gasteiger partial charge is 0.497 e. The molecule has 1 fully saturated rings. The number of benzene rings is 1. The van der Waals surface area contributed by atoms with Crippen molar-refractivity contribution in [1.82, 2.24) is 0 Å². The summed E-state index contributed by atoms with van der Waals surface area (Å²) in [6.07, 6.45) is -1.62. The van der Waals surface area contributed by atoms with Crippen LogP contribution in [0.2, 0.25) is 18.1 Å². The van der Waals surface area contributed by atoms with Gasteiger partial charge in [0.05, 0.1) is 46.6 Å². The zero-order valence-corrected chi connectivity index (χ0v) is 20.2. The molecule has 1 aromatic carbocycles. The number of rotatable bonds is 9. The lowest BCUT2D eigenvalue weighted by molar-refractivity contribution is -0.159. The number of carbonyl (C=O) groups is 1. The highest BCUT2D eigenvalue weighted by Crippen LogP contribution is 2.41. The van der Waals surface area contributed by atoms with Crippen molar-refractivity contribution >= 4 is 14.3 Å². The van der Waals surface area contributed by atoms with E-state index in [0.717, 1.165) is 11.3 Å². The van der Waals surface area contributed by atoms with E-state index in [1.165, 1.54) is 7.11 Å². The van der Waals surface area contributed by atoms with Crippen molar-refractivity contribution in [3.8, 4) is 5.75 Å². The Morgan fingerprint density at radius 3 is 2.40 bits per heavy atom. The smallest absolute Gasteiger partial charge is 0.308 e. The maximum absolute atomic E-state index is 12.1. The molecule has 0 saturated carbocycles. The molecular formula is C22H36O7Si. The third-order valence-corrected chi connectivity index (χ3v) is 10.6. The summed E-state index contributed by atoms with van der Waals surface area (Å²) in [7, 11) is 0.809. The summed E-state index contributed by atoms with van der Waals surface area (Å²) < 4.78 is 28.2. The third kappa shape index (κ3) is 5.82.